The minimum atomic E-state index is 0.729. The van der Waals surface area contributed by atoms with Gasteiger partial charge < -0.3 is 0 Å². The first kappa shape index (κ1) is 7.68. The summed E-state index contributed by atoms with van der Waals surface area (Å²) in [7, 11) is 0. The number of hydrogen-bond donors (Lipinski definition) is 0. The fourth-order valence-electron chi connectivity index (χ4n) is 1.43. The number of rotatable bonds is 2. The molecule has 0 aliphatic carbocycles. The normalized spacial score (nSPS) is 23.6. The molecule has 12 heavy (non-hydrogen) atoms. The van der Waals surface area contributed by atoms with Gasteiger partial charge in [-0.05, 0) is 25.5 Å². The van der Waals surface area contributed by atoms with Crippen LogP contribution in [-0.2, 0) is 6.54 Å². The highest BCUT2D eigenvalue weighted by molar-refractivity contribution is 5.00. The second kappa shape index (κ2) is 3.19. The summed E-state index contributed by atoms with van der Waals surface area (Å²) in [5.74, 6) is 0. The lowest BCUT2D eigenvalue weighted by molar-refractivity contribution is 0.0940. The summed E-state index contributed by atoms with van der Waals surface area (Å²) < 4.78 is 0. The van der Waals surface area contributed by atoms with E-state index in [1.807, 2.05) is 12.1 Å². The molecule has 1 atom stereocenters. The second-order valence-electron chi connectivity index (χ2n) is 3.32. The van der Waals surface area contributed by atoms with Crippen molar-refractivity contribution in [3.05, 3.63) is 24.0 Å². The molecule has 3 heteroatoms. The van der Waals surface area contributed by atoms with Gasteiger partial charge in [-0.3, -0.25) is 4.90 Å². The molecule has 1 fully saturated rings. The Balaban J connectivity index is 1.95. The highest BCUT2D eigenvalue weighted by atomic mass is 15.2. The Labute approximate surface area is 72.4 Å². The minimum Gasteiger partial charge on any atom is -0.295 e. The third-order valence-corrected chi connectivity index (χ3v) is 2.45. The van der Waals surface area contributed by atoms with Gasteiger partial charge in [0.1, 0.15) is 0 Å². The zero-order chi connectivity index (χ0) is 8.39. The number of nitrogens with zero attached hydrogens (tertiary/aromatic N) is 3. The smallest absolute Gasteiger partial charge is 0.0771 e. The van der Waals surface area contributed by atoms with Gasteiger partial charge in [-0.2, -0.15) is 10.2 Å². The van der Waals surface area contributed by atoms with Gasteiger partial charge in [-0.25, -0.2) is 0 Å². The molecular weight excluding hydrogens is 150 g/mol. The average molecular weight is 163 g/mol. The third-order valence-electron chi connectivity index (χ3n) is 2.45. The number of aromatic nitrogens is 2. The van der Waals surface area contributed by atoms with Crippen molar-refractivity contribution < 1.29 is 0 Å². The molecular formula is C9H13N3. The minimum absolute atomic E-state index is 0.729. The lowest BCUT2D eigenvalue weighted by Crippen LogP contribution is -2.44. The third kappa shape index (κ3) is 1.46. The Hall–Kier alpha value is -0.960. The van der Waals surface area contributed by atoms with Crippen molar-refractivity contribution in [2.45, 2.75) is 25.9 Å². The summed E-state index contributed by atoms with van der Waals surface area (Å²) >= 11 is 0. The first-order chi connectivity index (χ1) is 5.86. The molecule has 1 aliphatic heterocycles. The molecule has 0 amide bonds. The van der Waals surface area contributed by atoms with Gasteiger partial charge in [-0.15, -0.1) is 0 Å². The molecule has 1 aromatic heterocycles. The van der Waals surface area contributed by atoms with Crippen LogP contribution in [0.3, 0.4) is 0 Å². The van der Waals surface area contributed by atoms with Crippen molar-refractivity contribution in [3.8, 4) is 0 Å². The Morgan fingerprint density at radius 3 is 3.08 bits per heavy atom. The maximum atomic E-state index is 4.04. The van der Waals surface area contributed by atoms with Gasteiger partial charge in [0.05, 0.1) is 5.69 Å². The zero-order valence-corrected chi connectivity index (χ0v) is 7.27. The van der Waals surface area contributed by atoms with Crippen molar-refractivity contribution >= 4 is 0 Å². The van der Waals surface area contributed by atoms with E-state index in [0.717, 1.165) is 18.3 Å². The van der Waals surface area contributed by atoms with Crippen molar-refractivity contribution in [1.82, 2.24) is 15.1 Å². The molecule has 0 bridgehead atoms. The van der Waals surface area contributed by atoms with Gasteiger partial charge in [0.2, 0.25) is 0 Å². The molecule has 1 aliphatic rings. The first-order valence-corrected chi connectivity index (χ1v) is 4.37. The van der Waals surface area contributed by atoms with Gasteiger partial charge in [0.15, 0.2) is 0 Å². The molecule has 0 radical (unpaired) electrons. The summed E-state index contributed by atoms with van der Waals surface area (Å²) in [5.41, 5.74) is 1.07. The molecule has 3 nitrogen and oxygen atoms in total. The van der Waals surface area contributed by atoms with Crippen LogP contribution >= 0.6 is 0 Å². The van der Waals surface area contributed by atoms with Crippen LogP contribution in [0.4, 0.5) is 0 Å². The van der Waals surface area contributed by atoms with E-state index in [-0.39, 0.29) is 0 Å². The molecule has 2 rings (SSSR count). The van der Waals surface area contributed by atoms with E-state index >= 15 is 0 Å². The maximum Gasteiger partial charge on any atom is 0.0771 e. The molecule has 0 unspecified atom stereocenters. The number of likely N-dealkylation sites (tertiary alicyclic amines) is 1. The molecule has 2 heterocycles. The monoisotopic (exact) mass is 163 g/mol. The van der Waals surface area contributed by atoms with E-state index in [2.05, 4.69) is 22.0 Å². The van der Waals surface area contributed by atoms with E-state index < -0.39 is 0 Å². The predicted octanol–water partition coefficient (Wildman–Crippen LogP) is 1.07. The van der Waals surface area contributed by atoms with Crippen LogP contribution in [0.15, 0.2) is 18.3 Å². The van der Waals surface area contributed by atoms with Crippen molar-refractivity contribution in [3.63, 3.8) is 0 Å². The van der Waals surface area contributed by atoms with Gasteiger partial charge in [0.25, 0.3) is 0 Å². The van der Waals surface area contributed by atoms with E-state index in [9.17, 15) is 0 Å². The predicted molar refractivity (Wildman–Crippen MR) is 46.5 cm³/mol. The fourth-order valence-corrected chi connectivity index (χ4v) is 1.43. The van der Waals surface area contributed by atoms with E-state index in [1.165, 1.54) is 13.0 Å². The van der Waals surface area contributed by atoms with Crippen LogP contribution < -0.4 is 0 Å². The van der Waals surface area contributed by atoms with Crippen molar-refractivity contribution in [2.75, 3.05) is 6.54 Å². The zero-order valence-electron chi connectivity index (χ0n) is 7.27. The van der Waals surface area contributed by atoms with Crippen LogP contribution in [0.25, 0.3) is 0 Å². The summed E-state index contributed by atoms with van der Waals surface area (Å²) in [5, 5.41) is 7.89. The Morgan fingerprint density at radius 1 is 1.67 bits per heavy atom. The molecule has 1 saturated heterocycles. The van der Waals surface area contributed by atoms with E-state index in [0.29, 0.717) is 0 Å². The Morgan fingerprint density at radius 2 is 2.58 bits per heavy atom. The largest absolute Gasteiger partial charge is 0.295 e. The average Bonchev–Trinajstić information content (AvgIpc) is 2.14. The van der Waals surface area contributed by atoms with Gasteiger partial charge in [0, 0.05) is 25.3 Å². The summed E-state index contributed by atoms with van der Waals surface area (Å²) in [6.45, 7) is 4.41. The molecule has 64 valence electrons. The summed E-state index contributed by atoms with van der Waals surface area (Å²) in [6.07, 6.45) is 3.03. The van der Waals surface area contributed by atoms with Crippen LogP contribution in [0, 0.1) is 0 Å². The summed E-state index contributed by atoms with van der Waals surface area (Å²) in [4.78, 5) is 2.41. The molecule has 0 spiro atoms. The first-order valence-electron chi connectivity index (χ1n) is 4.37. The van der Waals surface area contributed by atoms with Gasteiger partial charge >= 0.3 is 0 Å². The topological polar surface area (TPSA) is 29.0 Å². The lowest BCUT2D eigenvalue weighted by Gasteiger charge is -2.38. The molecule has 0 saturated carbocycles. The van der Waals surface area contributed by atoms with Crippen molar-refractivity contribution in [1.29, 1.82) is 0 Å². The lowest BCUT2D eigenvalue weighted by atomic mass is 10.1. The SMILES string of the molecule is C[C@H]1CCN1Cc1cccnn1. The molecule has 1 aromatic rings. The summed E-state index contributed by atoms with van der Waals surface area (Å²) in [6, 6.07) is 4.69. The molecule has 0 aromatic carbocycles. The molecule has 0 N–H and O–H groups in total. The van der Waals surface area contributed by atoms with E-state index in [1.54, 1.807) is 6.20 Å². The second-order valence-corrected chi connectivity index (χ2v) is 3.32. The van der Waals surface area contributed by atoms with Gasteiger partial charge in [-0.1, -0.05) is 0 Å². The standard InChI is InChI=1S/C9H13N3/c1-8-4-6-12(8)7-9-3-2-5-10-11-9/h2-3,5,8H,4,6-7H2,1H3/t8-/m0/s1. The van der Waals surface area contributed by atoms with Crippen LogP contribution in [-0.4, -0.2) is 27.7 Å². The van der Waals surface area contributed by atoms with Crippen LogP contribution in [0.5, 0.6) is 0 Å². The fraction of sp³-hybridized carbons (Fsp3) is 0.556. The van der Waals surface area contributed by atoms with Crippen LogP contribution in [0.2, 0.25) is 0 Å². The van der Waals surface area contributed by atoms with Crippen LogP contribution in [0.1, 0.15) is 19.0 Å². The quantitative estimate of drug-likeness (QED) is 0.653. The highest BCUT2D eigenvalue weighted by Gasteiger charge is 2.23. The van der Waals surface area contributed by atoms with Crippen molar-refractivity contribution in [2.24, 2.45) is 0 Å². The Bertz CT molecular complexity index is 247. The maximum absolute atomic E-state index is 4.04. The van der Waals surface area contributed by atoms with E-state index in [4.69, 9.17) is 0 Å². The highest BCUT2D eigenvalue weighted by Crippen LogP contribution is 2.18. The number of hydrogen-bond acceptors (Lipinski definition) is 3. The Kier molecular flexibility index (Phi) is 2.04.